The third-order valence-electron chi connectivity index (χ3n) is 4.44. The average molecular weight is 233 g/mol. The Balaban J connectivity index is 1.72. The predicted molar refractivity (Wildman–Crippen MR) is 64.8 cm³/mol. The maximum absolute atomic E-state index is 10.1. The standard InChI is InChI=1S/C14H19NO2/c16-12-9-13(14(12)6-2-1-3-7-14)17-11-5-4-8-15-10-11/h4-5,8,10,12-13,16H,1-3,6-7,9H2. The number of hydrogen-bond donors (Lipinski definition) is 1. The molecule has 2 saturated carbocycles. The molecule has 0 saturated heterocycles. The highest BCUT2D eigenvalue weighted by molar-refractivity contribution is 5.18. The fraction of sp³-hybridized carbons (Fsp3) is 0.643. The second-order valence-electron chi connectivity index (χ2n) is 5.34. The van der Waals surface area contributed by atoms with E-state index in [2.05, 4.69) is 4.98 Å². The van der Waals surface area contributed by atoms with Crippen LogP contribution in [-0.4, -0.2) is 22.3 Å². The molecule has 2 fully saturated rings. The normalized spacial score (nSPS) is 30.9. The molecule has 17 heavy (non-hydrogen) atoms. The molecule has 1 aromatic heterocycles. The molecule has 1 spiro atoms. The van der Waals surface area contributed by atoms with Crippen LogP contribution in [0.3, 0.4) is 0 Å². The number of aliphatic hydroxyl groups is 1. The van der Waals surface area contributed by atoms with Gasteiger partial charge in [0.2, 0.25) is 0 Å². The SMILES string of the molecule is OC1CC(Oc2cccnc2)C12CCCCC2. The summed E-state index contributed by atoms with van der Waals surface area (Å²) < 4.78 is 5.99. The predicted octanol–water partition coefficient (Wildman–Crippen LogP) is 2.54. The molecule has 3 rings (SSSR count). The van der Waals surface area contributed by atoms with Gasteiger partial charge in [-0.1, -0.05) is 19.3 Å². The third kappa shape index (κ3) is 1.82. The second kappa shape index (κ2) is 4.30. The lowest BCUT2D eigenvalue weighted by Crippen LogP contribution is -2.60. The van der Waals surface area contributed by atoms with E-state index in [0.717, 1.165) is 25.0 Å². The first-order valence-electron chi connectivity index (χ1n) is 6.56. The number of nitrogens with zero attached hydrogens (tertiary/aromatic N) is 1. The maximum atomic E-state index is 10.1. The van der Waals surface area contributed by atoms with Gasteiger partial charge in [0.1, 0.15) is 11.9 Å². The molecule has 0 radical (unpaired) electrons. The van der Waals surface area contributed by atoms with Gasteiger partial charge in [-0.3, -0.25) is 4.98 Å². The number of aromatic nitrogens is 1. The van der Waals surface area contributed by atoms with Crippen molar-refractivity contribution >= 4 is 0 Å². The Morgan fingerprint density at radius 3 is 2.76 bits per heavy atom. The minimum absolute atomic E-state index is 0.0358. The van der Waals surface area contributed by atoms with Crippen molar-refractivity contribution in [2.75, 3.05) is 0 Å². The highest BCUT2D eigenvalue weighted by atomic mass is 16.5. The van der Waals surface area contributed by atoms with E-state index in [0.29, 0.717) is 0 Å². The van der Waals surface area contributed by atoms with Crippen molar-refractivity contribution < 1.29 is 9.84 Å². The molecule has 0 aliphatic heterocycles. The highest BCUT2D eigenvalue weighted by Crippen LogP contribution is 2.53. The Morgan fingerprint density at radius 2 is 2.12 bits per heavy atom. The Labute approximate surface area is 102 Å². The van der Waals surface area contributed by atoms with Gasteiger partial charge in [0.05, 0.1) is 12.3 Å². The summed E-state index contributed by atoms with van der Waals surface area (Å²) >= 11 is 0. The van der Waals surface area contributed by atoms with E-state index in [4.69, 9.17) is 4.74 Å². The van der Waals surface area contributed by atoms with Gasteiger partial charge in [-0.25, -0.2) is 0 Å². The first-order chi connectivity index (χ1) is 8.31. The van der Waals surface area contributed by atoms with Gasteiger partial charge in [0.25, 0.3) is 0 Å². The zero-order chi connectivity index (χ0) is 11.7. The third-order valence-corrected chi connectivity index (χ3v) is 4.44. The van der Waals surface area contributed by atoms with E-state index in [1.165, 1.54) is 19.3 Å². The fourth-order valence-corrected chi connectivity index (χ4v) is 3.34. The molecule has 3 nitrogen and oxygen atoms in total. The molecule has 0 bridgehead atoms. The van der Waals surface area contributed by atoms with Crippen LogP contribution in [0, 0.1) is 5.41 Å². The Morgan fingerprint density at radius 1 is 1.29 bits per heavy atom. The summed E-state index contributed by atoms with van der Waals surface area (Å²) in [5.74, 6) is 0.828. The van der Waals surface area contributed by atoms with Crippen LogP contribution in [0.2, 0.25) is 0 Å². The monoisotopic (exact) mass is 233 g/mol. The van der Waals surface area contributed by atoms with Gasteiger partial charge in [-0.15, -0.1) is 0 Å². The number of ether oxygens (including phenoxy) is 1. The molecule has 0 amide bonds. The van der Waals surface area contributed by atoms with E-state index < -0.39 is 0 Å². The second-order valence-corrected chi connectivity index (χ2v) is 5.34. The van der Waals surface area contributed by atoms with Crippen molar-refractivity contribution in [3.05, 3.63) is 24.5 Å². The van der Waals surface area contributed by atoms with E-state index in [9.17, 15) is 5.11 Å². The van der Waals surface area contributed by atoms with Crippen molar-refractivity contribution in [3.63, 3.8) is 0 Å². The van der Waals surface area contributed by atoms with Gasteiger partial charge in [0, 0.05) is 18.0 Å². The molecule has 1 aromatic rings. The molecule has 0 aromatic carbocycles. The zero-order valence-electron chi connectivity index (χ0n) is 10.0. The topological polar surface area (TPSA) is 42.4 Å². The molecular formula is C14H19NO2. The Hall–Kier alpha value is -1.09. The van der Waals surface area contributed by atoms with E-state index in [1.807, 2.05) is 12.1 Å². The van der Waals surface area contributed by atoms with Gasteiger partial charge >= 0.3 is 0 Å². The average Bonchev–Trinajstić information content (AvgIpc) is 2.41. The Kier molecular flexibility index (Phi) is 2.79. The minimum atomic E-state index is -0.163. The lowest BCUT2D eigenvalue weighted by Gasteiger charge is -2.55. The van der Waals surface area contributed by atoms with Crippen LogP contribution in [0.15, 0.2) is 24.5 Å². The van der Waals surface area contributed by atoms with Crippen LogP contribution in [-0.2, 0) is 0 Å². The maximum Gasteiger partial charge on any atom is 0.138 e. The lowest BCUT2D eigenvalue weighted by atomic mass is 9.56. The van der Waals surface area contributed by atoms with Gasteiger partial charge in [0.15, 0.2) is 0 Å². The number of aliphatic hydroxyl groups excluding tert-OH is 1. The number of hydrogen-bond acceptors (Lipinski definition) is 3. The summed E-state index contributed by atoms with van der Waals surface area (Å²) in [7, 11) is 0. The van der Waals surface area contributed by atoms with E-state index >= 15 is 0 Å². The molecule has 1 heterocycles. The summed E-state index contributed by atoms with van der Waals surface area (Å²) in [4.78, 5) is 4.06. The molecule has 92 valence electrons. The van der Waals surface area contributed by atoms with E-state index in [-0.39, 0.29) is 17.6 Å². The van der Waals surface area contributed by atoms with Gasteiger partial charge in [-0.05, 0) is 25.0 Å². The molecular weight excluding hydrogens is 214 g/mol. The van der Waals surface area contributed by atoms with Crippen LogP contribution >= 0.6 is 0 Å². The van der Waals surface area contributed by atoms with Crippen LogP contribution in [0.1, 0.15) is 38.5 Å². The van der Waals surface area contributed by atoms with Crippen LogP contribution in [0.4, 0.5) is 0 Å². The molecule has 2 atom stereocenters. The van der Waals surface area contributed by atoms with Crippen molar-refractivity contribution in [2.45, 2.75) is 50.7 Å². The molecule has 2 aliphatic carbocycles. The summed E-state index contributed by atoms with van der Waals surface area (Å²) in [6.07, 6.45) is 10.3. The quantitative estimate of drug-likeness (QED) is 0.853. The van der Waals surface area contributed by atoms with Crippen molar-refractivity contribution in [3.8, 4) is 5.75 Å². The molecule has 2 unspecified atom stereocenters. The molecule has 2 aliphatic rings. The fourth-order valence-electron chi connectivity index (χ4n) is 3.34. The summed E-state index contributed by atoms with van der Waals surface area (Å²) in [5.41, 5.74) is 0.0358. The van der Waals surface area contributed by atoms with Crippen molar-refractivity contribution in [2.24, 2.45) is 5.41 Å². The van der Waals surface area contributed by atoms with Gasteiger partial charge < -0.3 is 9.84 Å². The van der Waals surface area contributed by atoms with Crippen molar-refractivity contribution in [1.29, 1.82) is 0 Å². The largest absolute Gasteiger partial charge is 0.488 e. The van der Waals surface area contributed by atoms with Crippen LogP contribution in [0.25, 0.3) is 0 Å². The van der Waals surface area contributed by atoms with Crippen LogP contribution in [0.5, 0.6) is 5.75 Å². The lowest BCUT2D eigenvalue weighted by molar-refractivity contribution is -0.172. The van der Waals surface area contributed by atoms with Gasteiger partial charge in [-0.2, -0.15) is 0 Å². The first-order valence-corrected chi connectivity index (χ1v) is 6.56. The summed E-state index contributed by atoms with van der Waals surface area (Å²) in [6, 6.07) is 3.83. The number of pyridine rings is 1. The number of rotatable bonds is 2. The smallest absolute Gasteiger partial charge is 0.138 e. The first kappa shape index (κ1) is 11.0. The summed E-state index contributed by atoms with van der Waals surface area (Å²) in [6.45, 7) is 0. The molecule has 1 N–H and O–H groups in total. The minimum Gasteiger partial charge on any atom is -0.488 e. The summed E-state index contributed by atoms with van der Waals surface area (Å²) in [5, 5.41) is 10.1. The van der Waals surface area contributed by atoms with Crippen molar-refractivity contribution in [1.82, 2.24) is 4.98 Å². The molecule has 3 heteroatoms. The zero-order valence-corrected chi connectivity index (χ0v) is 10.0. The Bertz CT molecular complexity index is 373. The highest BCUT2D eigenvalue weighted by Gasteiger charge is 2.56. The van der Waals surface area contributed by atoms with E-state index in [1.54, 1.807) is 12.4 Å². The van der Waals surface area contributed by atoms with Crippen LogP contribution < -0.4 is 4.74 Å².